The molecule has 0 saturated heterocycles. The van der Waals surface area contributed by atoms with E-state index in [4.69, 9.17) is 9.57 Å². The van der Waals surface area contributed by atoms with Crippen molar-refractivity contribution in [1.82, 2.24) is 20.2 Å². The van der Waals surface area contributed by atoms with Gasteiger partial charge in [-0.1, -0.05) is 44.9 Å². The van der Waals surface area contributed by atoms with Crippen LogP contribution in [0.25, 0.3) is 0 Å². The SMILES string of the molecule is CC(C)COc1cc(=O)n(CC(=O)NC23CC(C(=O)ON4C(=O)c5ccccc5C4=O)(C2)C3)nc1C(C)C. The Morgan fingerprint density at radius 2 is 1.63 bits per heavy atom. The van der Waals surface area contributed by atoms with Crippen molar-refractivity contribution in [2.75, 3.05) is 6.61 Å². The zero-order valence-corrected chi connectivity index (χ0v) is 21.8. The number of aromatic nitrogens is 2. The summed E-state index contributed by atoms with van der Waals surface area (Å²) in [5, 5.41) is 7.81. The van der Waals surface area contributed by atoms with Crippen LogP contribution in [0.4, 0.5) is 0 Å². The number of hydrogen-bond donors (Lipinski definition) is 1. The molecule has 0 radical (unpaired) electrons. The van der Waals surface area contributed by atoms with Crippen LogP contribution in [0, 0.1) is 11.3 Å². The maximum absolute atomic E-state index is 12.8. The first-order chi connectivity index (χ1) is 17.9. The Bertz CT molecular complexity index is 1360. The molecule has 2 heterocycles. The van der Waals surface area contributed by atoms with E-state index < -0.39 is 40.2 Å². The number of fused-ring (bicyclic) bond motifs is 1. The molecule has 3 aliphatic carbocycles. The minimum atomic E-state index is -0.849. The number of carbonyl (C=O) groups excluding carboxylic acids is 4. The fourth-order valence-corrected chi connectivity index (χ4v) is 5.41. The van der Waals surface area contributed by atoms with Crippen LogP contribution in [0.5, 0.6) is 5.75 Å². The highest BCUT2D eigenvalue weighted by molar-refractivity contribution is 6.21. The molecule has 3 amide bonds. The summed E-state index contributed by atoms with van der Waals surface area (Å²) in [5.74, 6) is -1.72. The van der Waals surface area contributed by atoms with Crippen molar-refractivity contribution >= 4 is 23.7 Å². The fraction of sp³-hybridized carbons (Fsp3) is 0.481. The van der Waals surface area contributed by atoms with Crippen molar-refractivity contribution in [2.45, 2.75) is 65.0 Å². The molecular formula is C27H30N4O7. The van der Waals surface area contributed by atoms with E-state index in [0.717, 1.165) is 4.68 Å². The van der Waals surface area contributed by atoms with Crippen LogP contribution in [0.15, 0.2) is 35.1 Å². The van der Waals surface area contributed by atoms with Crippen molar-refractivity contribution in [3.05, 3.63) is 57.5 Å². The molecule has 2 aromatic rings. The van der Waals surface area contributed by atoms with Crippen molar-refractivity contribution in [2.24, 2.45) is 11.3 Å². The number of carbonyl (C=O) groups is 4. The third kappa shape index (κ3) is 4.25. The third-order valence-electron chi connectivity index (χ3n) is 7.20. The molecule has 0 unspecified atom stereocenters. The van der Waals surface area contributed by atoms with Crippen LogP contribution in [0.2, 0.25) is 0 Å². The van der Waals surface area contributed by atoms with Crippen LogP contribution in [0.1, 0.15) is 79.3 Å². The Labute approximate surface area is 219 Å². The molecule has 6 rings (SSSR count). The maximum atomic E-state index is 12.8. The van der Waals surface area contributed by atoms with Crippen molar-refractivity contribution in [1.29, 1.82) is 0 Å². The van der Waals surface area contributed by atoms with Crippen LogP contribution in [-0.4, -0.2) is 50.7 Å². The molecule has 1 N–H and O–H groups in total. The number of rotatable bonds is 9. The summed E-state index contributed by atoms with van der Waals surface area (Å²) < 4.78 is 6.88. The molecule has 38 heavy (non-hydrogen) atoms. The first kappa shape index (κ1) is 25.6. The molecule has 11 heteroatoms. The first-order valence-electron chi connectivity index (χ1n) is 12.7. The number of nitrogens with zero attached hydrogens (tertiary/aromatic N) is 3. The Balaban J connectivity index is 1.18. The minimum absolute atomic E-state index is 0.0160. The highest BCUT2D eigenvalue weighted by Gasteiger charge is 2.73. The van der Waals surface area contributed by atoms with Crippen LogP contribution in [-0.2, 0) is 21.0 Å². The first-order valence-corrected chi connectivity index (χ1v) is 12.7. The molecule has 1 aromatic carbocycles. The number of hydroxylamine groups is 2. The second-order valence-corrected chi connectivity index (χ2v) is 11.2. The Morgan fingerprint density at radius 3 is 2.18 bits per heavy atom. The van der Waals surface area contributed by atoms with Gasteiger partial charge < -0.3 is 14.9 Å². The second kappa shape index (κ2) is 9.07. The fourth-order valence-electron chi connectivity index (χ4n) is 5.41. The molecule has 4 aliphatic rings. The third-order valence-corrected chi connectivity index (χ3v) is 7.20. The number of hydrogen-bond acceptors (Lipinski definition) is 8. The monoisotopic (exact) mass is 522 g/mol. The molecule has 3 saturated carbocycles. The van der Waals surface area contributed by atoms with Gasteiger partial charge in [-0.2, -0.15) is 5.10 Å². The summed E-state index contributed by atoms with van der Waals surface area (Å²) in [7, 11) is 0. The molecule has 2 bridgehead atoms. The van der Waals surface area contributed by atoms with Gasteiger partial charge in [-0.25, -0.2) is 9.48 Å². The molecule has 200 valence electrons. The largest absolute Gasteiger partial charge is 0.491 e. The molecule has 11 nitrogen and oxygen atoms in total. The van der Waals surface area contributed by atoms with Gasteiger partial charge in [0.15, 0.2) is 0 Å². The van der Waals surface area contributed by atoms with Crippen molar-refractivity contribution in [3.8, 4) is 5.75 Å². The Morgan fingerprint density at radius 1 is 1.03 bits per heavy atom. The summed E-state index contributed by atoms with van der Waals surface area (Å²) in [5.41, 5.74) is -0.896. The molecule has 0 atom stereocenters. The number of ether oxygens (including phenoxy) is 1. The van der Waals surface area contributed by atoms with E-state index in [2.05, 4.69) is 10.4 Å². The summed E-state index contributed by atoms with van der Waals surface area (Å²) >= 11 is 0. The second-order valence-electron chi connectivity index (χ2n) is 11.2. The molecule has 1 aliphatic heterocycles. The van der Waals surface area contributed by atoms with Gasteiger partial charge >= 0.3 is 5.97 Å². The summed E-state index contributed by atoms with van der Waals surface area (Å²) in [6, 6.07) is 7.64. The van der Waals surface area contributed by atoms with E-state index in [-0.39, 0.29) is 29.5 Å². The molecule has 0 spiro atoms. The van der Waals surface area contributed by atoms with Gasteiger partial charge in [0.05, 0.1) is 23.1 Å². The lowest BCUT2D eigenvalue weighted by molar-refractivity contribution is -0.224. The zero-order valence-electron chi connectivity index (χ0n) is 21.8. The Hall–Kier alpha value is -4.02. The van der Waals surface area contributed by atoms with E-state index in [9.17, 15) is 24.0 Å². The maximum Gasteiger partial charge on any atom is 0.339 e. The standard InChI is InChI=1S/C27H30N4O7/c1-15(2)11-37-19-9-21(33)30(29-22(19)16(3)4)10-20(32)28-27-12-26(13-27,14-27)25(36)38-31-23(34)17-7-5-6-8-18(17)24(31)35/h5-9,15-16H,10-14H2,1-4H3,(H,28,32). The average molecular weight is 523 g/mol. The highest BCUT2D eigenvalue weighted by atomic mass is 16.7. The van der Waals surface area contributed by atoms with E-state index in [0.29, 0.717) is 42.4 Å². The van der Waals surface area contributed by atoms with Gasteiger partial charge in [0.25, 0.3) is 17.4 Å². The van der Waals surface area contributed by atoms with E-state index in [1.165, 1.54) is 18.2 Å². The van der Waals surface area contributed by atoms with Crippen molar-refractivity contribution < 1.29 is 28.8 Å². The van der Waals surface area contributed by atoms with Gasteiger partial charge in [0.1, 0.15) is 18.0 Å². The Kier molecular flexibility index (Phi) is 6.12. The van der Waals surface area contributed by atoms with Gasteiger partial charge in [0.2, 0.25) is 5.91 Å². The highest BCUT2D eigenvalue weighted by Crippen LogP contribution is 2.67. The van der Waals surface area contributed by atoms with Crippen LogP contribution < -0.4 is 15.6 Å². The zero-order chi connectivity index (χ0) is 27.4. The lowest BCUT2D eigenvalue weighted by atomic mass is 9.39. The lowest BCUT2D eigenvalue weighted by Crippen LogP contribution is -2.77. The number of imide groups is 1. The van der Waals surface area contributed by atoms with E-state index >= 15 is 0 Å². The van der Waals surface area contributed by atoms with E-state index in [1.54, 1.807) is 12.1 Å². The van der Waals surface area contributed by atoms with Crippen LogP contribution in [0.3, 0.4) is 0 Å². The topological polar surface area (TPSA) is 137 Å². The number of benzene rings is 1. The lowest BCUT2D eigenvalue weighted by Gasteiger charge is -2.68. The number of amides is 3. The summed E-state index contributed by atoms with van der Waals surface area (Å²) in [4.78, 5) is 68.4. The van der Waals surface area contributed by atoms with Gasteiger partial charge in [-0.3, -0.25) is 19.2 Å². The smallest absolute Gasteiger partial charge is 0.339 e. The minimum Gasteiger partial charge on any atom is -0.491 e. The predicted octanol–water partition coefficient (Wildman–Crippen LogP) is 2.19. The molecule has 3 fully saturated rings. The summed E-state index contributed by atoms with van der Waals surface area (Å²) in [6.07, 6.45) is 0.986. The quantitative estimate of drug-likeness (QED) is 0.495. The molecule has 1 aromatic heterocycles. The van der Waals surface area contributed by atoms with Gasteiger partial charge in [0, 0.05) is 17.5 Å². The summed E-state index contributed by atoms with van der Waals surface area (Å²) in [6.45, 7) is 8.06. The average Bonchev–Trinajstić information content (AvgIpc) is 3.05. The van der Waals surface area contributed by atoms with Crippen molar-refractivity contribution in [3.63, 3.8) is 0 Å². The van der Waals surface area contributed by atoms with Gasteiger partial charge in [-0.05, 0) is 37.3 Å². The van der Waals surface area contributed by atoms with Gasteiger partial charge in [-0.15, -0.1) is 0 Å². The normalized spacial score (nSPS) is 23.2. The van der Waals surface area contributed by atoms with E-state index in [1.807, 2.05) is 27.7 Å². The molecular weight excluding hydrogens is 492 g/mol. The predicted molar refractivity (Wildman–Crippen MR) is 133 cm³/mol. The number of nitrogens with one attached hydrogen (secondary N) is 1. The van der Waals surface area contributed by atoms with Crippen LogP contribution >= 0.6 is 0 Å².